The summed E-state index contributed by atoms with van der Waals surface area (Å²) < 4.78 is 1.80. The Balaban J connectivity index is 2.00. The number of fused-ring (bicyclic) bond motifs is 1. The van der Waals surface area contributed by atoms with Gasteiger partial charge in [0.2, 0.25) is 5.28 Å². The zero-order valence-corrected chi connectivity index (χ0v) is 11.1. The average Bonchev–Trinajstić information content (AvgIpc) is 2.93. The van der Waals surface area contributed by atoms with Gasteiger partial charge in [-0.15, -0.1) is 0 Å². The highest BCUT2D eigenvalue weighted by Gasteiger charge is 2.28. The van der Waals surface area contributed by atoms with Crippen LogP contribution in [0.1, 0.15) is 12.5 Å². The van der Waals surface area contributed by atoms with Crippen LogP contribution in [0.2, 0.25) is 10.4 Å². The zero-order valence-electron chi connectivity index (χ0n) is 9.62. The number of imidazole rings is 1. The lowest BCUT2D eigenvalue weighted by molar-refractivity contribution is 0.154. The third kappa shape index (κ3) is 2.08. The largest absolute Gasteiger partial charge is 0.465 e. The van der Waals surface area contributed by atoms with E-state index in [1.165, 1.54) is 4.90 Å². The molecule has 0 bridgehead atoms. The van der Waals surface area contributed by atoms with Crippen LogP contribution in [0.3, 0.4) is 0 Å². The summed E-state index contributed by atoms with van der Waals surface area (Å²) in [5, 5.41) is 9.21. The number of nitrogens with zero attached hydrogens (tertiary/aromatic N) is 5. The molecule has 1 atom stereocenters. The van der Waals surface area contributed by atoms with Gasteiger partial charge in [0.15, 0.2) is 10.8 Å². The van der Waals surface area contributed by atoms with E-state index in [4.69, 9.17) is 28.3 Å². The van der Waals surface area contributed by atoms with Gasteiger partial charge in [-0.1, -0.05) is 11.6 Å². The summed E-state index contributed by atoms with van der Waals surface area (Å²) in [6.07, 6.45) is 1.38. The topological polar surface area (TPSA) is 84.1 Å². The fourth-order valence-electron chi connectivity index (χ4n) is 2.27. The van der Waals surface area contributed by atoms with Crippen molar-refractivity contribution in [3.63, 3.8) is 0 Å². The molecule has 1 aliphatic rings. The van der Waals surface area contributed by atoms with Crippen molar-refractivity contribution in [1.82, 2.24) is 24.4 Å². The van der Waals surface area contributed by atoms with E-state index in [0.717, 1.165) is 0 Å². The number of carboxylic acid groups (broad SMARTS) is 1. The Morgan fingerprint density at radius 2 is 2.21 bits per heavy atom. The van der Waals surface area contributed by atoms with Crippen LogP contribution in [0.15, 0.2) is 6.33 Å². The summed E-state index contributed by atoms with van der Waals surface area (Å²) in [6.45, 7) is 0.895. The first-order valence-electron chi connectivity index (χ1n) is 5.59. The number of likely N-dealkylation sites (tertiary alicyclic amines) is 1. The van der Waals surface area contributed by atoms with Crippen LogP contribution >= 0.6 is 23.2 Å². The lowest BCUT2D eigenvalue weighted by atomic mass is 10.2. The minimum absolute atomic E-state index is 0.0110. The molecule has 2 aromatic rings. The predicted molar refractivity (Wildman–Crippen MR) is 68.6 cm³/mol. The number of hydrogen-bond acceptors (Lipinski definition) is 4. The average molecular weight is 302 g/mol. The summed E-state index contributed by atoms with van der Waals surface area (Å²) in [4.78, 5) is 24.4. The van der Waals surface area contributed by atoms with Crippen molar-refractivity contribution >= 4 is 40.5 Å². The van der Waals surface area contributed by atoms with Gasteiger partial charge in [0.1, 0.15) is 5.52 Å². The molecule has 3 heterocycles. The van der Waals surface area contributed by atoms with Gasteiger partial charge in [-0.25, -0.2) is 14.8 Å². The standard InChI is InChI=1S/C10H9Cl2N5O2/c11-7-6-8(15-9(12)14-7)17(4-13-6)5-1-2-16(3-5)10(18)19/h4-5H,1-3H2,(H,18,19)/t5-/m0/s1. The summed E-state index contributed by atoms with van der Waals surface area (Å²) >= 11 is 11.7. The van der Waals surface area contributed by atoms with Crippen molar-refractivity contribution in [2.45, 2.75) is 12.5 Å². The Bertz CT molecular complexity index is 659. The van der Waals surface area contributed by atoms with Crippen molar-refractivity contribution < 1.29 is 9.90 Å². The zero-order chi connectivity index (χ0) is 13.6. The Morgan fingerprint density at radius 3 is 2.89 bits per heavy atom. The van der Waals surface area contributed by atoms with Crippen LogP contribution in [-0.4, -0.2) is 48.7 Å². The lowest BCUT2D eigenvalue weighted by Crippen LogP contribution is -2.27. The number of rotatable bonds is 1. The molecule has 0 spiro atoms. The molecule has 7 nitrogen and oxygen atoms in total. The summed E-state index contributed by atoms with van der Waals surface area (Å²) in [5.41, 5.74) is 1.00. The molecule has 100 valence electrons. The Labute approximate surface area is 117 Å². The summed E-state index contributed by atoms with van der Waals surface area (Å²) in [7, 11) is 0. The first-order chi connectivity index (χ1) is 9.06. The van der Waals surface area contributed by atoms with E-state index >= 15 is 0 Å². The van der Waals surface area contributed by atoms with Gasteiger partial charge in [-0.3, -0.25) is 0 Å². The van der Waals surface area contributed by atoms with Crippen LogP contribution in [0, 0.1) is 0 Å². The molecule has 0 aromatic carbocycles. The molecule has 19 heavy (non-hydrogen) atoms. The second kappa shape index (κ2) is 4.50. The normalized spacial score (nSPS) is 19.3. The minimum Gasteiger partial charge on any atom is -0.465 e. The summed E-state index contributed by atoms with van der Waals surface area (Å²) in [6, 6.07) is -0.0110. The fraction of sp³-hybridized carbons (Fsp3) is 0.400. The van der Waals surface area contributed by atoms with Gasteiger partial charge in [-0.2, -0.15) is 4.98 Å². The van der Waals surface area contributed by atoms with E-state index in [0.29, 0.717) is 30.7 Å². The first kappa shape index (κ1) is 12.4. The van der Waals surface area contributed by atoms with Gasteiger partial charge in [0.25, 0.3) is 0 Å². The third-order valence-corrected chi connectivity index (χ3v) is 3.61. The number of amides is 1. The highest BCUT2D eigenvalue weighted by atomic mass is 35.5. The molecule has 1 fully saturated rings. The molecular weight excluding hydrogens is 293 g/mol. The molecule has 1 amide bonds. The van der Waals surface area contributed by atoms with Crippen molar-refractivity contribution in [3.8, 4) is 0 Å². The molecule has 1 N–H and O–H groups in total. The molecule has 0 radical (unpaired) electrons. The molecule has 1 saturated heterocycles. The smallest absolute Gasteiger partial charge is 0.407 e. The molecule has 0 saturated carbocycles. The first-order valence-corrected chi connectivity index (χ1v) is 6.35. The maximum absolute atomic E-state index is 10.9. The van der Waals surface area contributed by atoms with E-state index in [1.807, 2.05) is 0 Å². The van der Waals surface area contributed by atoms with Gasteiger partial charge >= 0.3 is 6.09 Å². The van der Waals surface area contributed by atoms with Crippen molar-refractivity contribution in [2.75, 3.05) is 13.1 Å². The molecule has 1 aliphatic heterocycles. The fourth-order valence-corrected chi connectivity index (χ4v) is 2.69. The van der Waals surface area contributed by atoms with Gasteiger partial charge < -0.3 is 14.6 Å². The molecular formula is C10H9Cl2N5O2. The SMILES string of the molecule is O=C(O)N1CC[C@H](n2cnc3c(Cl)nc(Cl)nc32)C1. The predicted octanol–water partition coefficient (Wildman–Crippen LogP) is 2.06. The van der Waals surface area contributed by atoms with E-state index in [2.05, 4.69) is 15.0 Å². The Morgan fingerprint density at radius 1 is 1.42 bits per heavy atom. The molecule has 0 aliphatic carbocycles. The van der Waals surface area contributed by atoms with Crippen LogP contribution in [0.5, 0.6) is 0 Å². The quantitative estimate of drug-likeness (QED) is 0.644. The molecule has 2 aromatic heterocycles. The maximum atomic E-state index is 10.9. The van der Waals surface area contributed by atoms with Crippen LogP contribution in [0.25, 0.3) is 11.2 Å². The highest BCUT2D eigenvalue weighted by molar-refractivity contribution is 6.35. The van der Waals surface area contributed by atoms with E-state index in [1.54, 1.807) is 10.9 Å². The summed E-state index contributed by atoms with van der Waals surface area (Å²) in [5.74, 6) is 0. The van der Waals surface area contributed by atoms with Crippen molar-refractivity contribution in [3.05, 3.63) is 16.8 Å². The maximum Gasteiger partial charge on any atom is 0.407 e. The van der Waals surface area contributed by atoms with Crippen LogP contribution in [-0.2, 0) is 0 Å². The number of halogens is 2. The van der Waals surface area contributed by atoms with E-state index in [-0.39, 0.29) is 16.5 Å². The number of carbonyl (C=O) groups is 1. The lowest BCUT2D eigenvalue weighted by Gasteiger charge is -2.13. The number of aromatic nitrogens is 4. The van der Waals surface area contributed by atoms with Gasteiger partial charge in [0.05, 0.1) is 12.4 Å². The molecule has 0 unspecified atom stereocenters. The molecule has 3 rings (SSSR count). The van der Waals surface area contributed by atoms with Crippen molar-refractivity contribution in [1.29, 1.82) is 0 Å². The molecule has 9 heteroatoms. The Kier molecular flexibility index (Phi) is 2.94. The van der Waals surface area contributed by atoms with Gasteiger partial charge in [0, 0.05) is 13.1 Å². The number of hydrogen-bond donors (Lipinski definition) is 1. The monoisotopic (exact) mass is 301 g/mol. The minimum atomic E-state index is -0.919. The third-order valence-electron chi connectivity index (χ3n) is 3.18. The van der Waals surface area contributed by atoms with Gasteiger partial charge in [-0.05, 0) is 18.0 Å². The second-order valence-corrected chi connectivity index (χ2v) is 4.97. The highest BCUT2D eigenvalue weighted by Crippen LogP contribution is 2.27. The van der Waals surface area contributed by atoms with Crippen LogP contribution < -0.4 is 0 Å². The second-order valence-electron chi connectivity index (χ2n) is 4.28. The van der Waals surface area contributed by atoms with E-state index < -0.39 is 6.09 Å². The Hall–Kier alpha value is -1.60. The van der Waals surface area contributed by atoms with E-state index in [9.17, 15) is 4.79 Å². The van der Waals surface area contributed by atoms with Crippen LogP contribution in [0.4, 0.5) is 4.79 Å². The van der Waals surface area contributed by atoms with Crippen molar-refractivity contribution in [2.24, 2.45) is 0 Å².